The fourth-order valence-electron chi connectivity index (χ4n) is 0.736. The predicted molar refractivity (Wildman–Crippen MR) is 48.1 cm³/mol. The average Bonchev–Trinajstić information content (AvgIpc) is 2.36. The van der Waals surface area contributed by atoms with E-state index in [0.717, 1.165) is 16.4 Å². The van der Waals surface area contributed by atoms with Gasteiger partial charge in [-0.2, -0.15) is 5.10 Å². The zero-order chi connectivity index (χ0) is 8.27. The fourth-order valence-corrected chi connectivity index (χ4v) is 1.48. The number of rotatable bonds is 2. The van der Waals surface area contributed by atoms with E-state index in [2.05, 4.69) is 15.5 Å². The fraction of sp³-hybridized carbons (Fsp3) is 0.429. The molecule has 1 N–H and O–H groups in total. The van der Waals surface area contributed by atoms with Crippen molar-refractivity contribution < 1.29 is 0 Å². The smallest absolute Gasteiger partial charge is 0.139 e. The lowest BCUT2D eigenvalue weighted by atomic mass is 10.4. The summed E-state index contributed by atoms with van der Waals surface area (Å²) in [6, 6.07) is 0. The van der Waals surface area contributed by atoms with Crippen LogP contribution in [0.25, 0.3) is 0 Å². The summed E-state index contributed by atoms with van der Waals surface area (Å²) in [6.07, 6.45) is 0. The van der Waals surface area contributed by atoms with Gasteiger partial charge in [0.25, 0.3) is 0 Å². The Labute approximate surface area is 70.2 Å². The van der Waals surface area contributed by atoms with E-state index < -0.39 is 0 Å². The molecule has 0 saturated heterocycles. The summed E-state index contributed by atoms with van der Waals surface area (Å²) in [7, 11) is 1.78. The van der Waals surface area contributed by atoms with Gasteiger partial charge in [-0.25, -0.2) is 4.98 Å². The van der Waals surface area contributed by atoms with Crippen LogP contribution in [0, 0.1) is 6.92 Å². The highest BCUT2D eigenvalue weighted by atomic mass is 32.1. The summed E-state index contributed by atoms with van der Waals surface area (Å²) >= 11 is 1.62. The first-order valence-electron chi connectivity index (χ1n) is 3.37. The third-order valence-corrected chi connectivity index (χ3v) is 2.28. The molecular weight excluding hydrogens is 158 g/mol. The predicted octanol–water partition coefficient (Wildman–Crippen LogP) is 1.39. The van der Waals surface area contributed by atoms with E-state index in [4.69, 9.17) is 0 Å². The number of hydrazone groups is 1. The molecule has 1 rings (SSSR count). The summed E-state index contributed by atoms with van der Waals surface area (Å²) in [5, 5.41) is 7.02. The van der Waals surface area contributed by atoms with Crippen LogP contribution in [0.3, 0.4) is 0 Å². The third-order valence-electron chi connectivity index (χ3n) is 1.21. The second kappa shape index (κ2) is 3.48. The van der Waals surface area contributed by atoms with Gasteiger partial charge in [-0.1, -0.05) is 0 Å². The van der Waals surface area contributed by atoms with E-state index in [0.29, 0.717) is 0 Å². The molecule has 60 valence electrons. The largest absolute Gasteiger partial charge is 0.313 e. The molecule has 0 atom stereocenters. The lowest BCUT2D eigenvalue weighted by Crippen LogP contribution is -2.02. The van der Waals surface area contributed by atoms with E-state index in [1.54, 1.807) is 18.4 Å². The van der Waals surface area contributed by atoms with Crippen molar-refractivity contribution in [2.75, 3.05) is 7.05 Å². The lowest BCUT2D eigenvalue weighted by molar-refractivity contribution is 0.899. The number of hydrogen-bond acceptors (Lipinski definition) is 4. The topological polar surface area (TPSA) is 37.3 Å². The summed E-state index contributed by atoms with van der Waals surface area (Å²) in [5.41, 5.74) is 4.72. The van der Waals surface area contributed by atoms with Gasteiger partial charge in [-0.15, -0.1) is 11.3 Å². The van der Waals surface area contributed by atoms with E-state index in [-0.39, 0.29) is 0 Å². The maximum absolute atomic E-state index is 4.28. The molecule has 0 aliphatic heterocycles. The molecule has 0 saturated carbocycles. The van der Waals surface area contributed by atoms with Crippen LogP contribution in [0.4, 0.5) is 0 Å². The van der Waals surface area contributed by atoms with Gasteiger partial charge in [-0.05, 0) is 13.8 Å². The van der Waals surface area contributed by atoms with Crippen molar-refractivity contribution >= 4 is 17.0 Å². The molecule has 0 aromatic carbocycles. The Kier molecular flexibility index (Phi) is 2.59. The second-order valence-corrected chi connectivity index (χ2v) is 3.07. The first-order valence-corrected chi connectivity index (χ1v) is 4.25. The molecule has 0 aliphatic carbocycles. The van der Waals surface area contributed by atoms with Crippen LogP contribution in [0.15, 0.2) is 10.5 Å². The van der Waals surface area contributed by atoms with Crippen molar-refractivity contribution in [3.63, 3.8) is 0 Å². The Balaban J connectivity index is 2.84. The normalized spacial score (nSPS) is 11.7. The van der Waals surface area contributed by atoms with Crippen LogP contribution in [-0.4, -0.2) is 17.7 Å². The van der Waals surface area contributed by atoms with Gasteiger partial charge >= 0.3 is 0 Å². The standard InChI is InChI=1S/C7H11N3S/c1-5-4-11-7(9-5)6(2)10-8-3/h4,8H,1-3H3/b10-6+. The molecule has 3 nitrogen and oxygen atoms in total. The van der Waals surface area contributed by atoms with E-state index >= 15 is 0 Å². The molecule has 1 heterocycles. The van der Waals surface area contributed by atoms with Gasteiger partial charge in [0.05, 0.1) is 5.71 Å². The van der Waals surface area contributed by atoms with Crippen molar-refractivity contribution in [2.45, 2.75) is 13.8 Å². The summed E-state index contributed by atoms with van der Waals surface area (Å²) in [5.74, 6) is 0. The molecule has 0 aliphatic rings. The highest BCUT2D eigenvalue weighted by Crippen LogP contribution is 2.09. The van der Waals surface area contributed by atoms with Crippen LogP contribution in [0.2, 0.25) is 0 Å². The monoisotopic (exact) mass is 169 g/mol. The number of aryl methyl sites for hydroxylation is 1. The van der Waals surface area contributed by atoms with Crippen molar-refractivity contribution in [2.24, 2.45) is 5.10 Å². The number of nitrogens with zero attached hydrogens (tertiary/aromatic N) is 2. The quantitative estimate of drug-likeness (QED) is 0.536. The molecule has 1 aromatic heterocycles. The minimum atomic E-state index is 0.936. The van der Waals surface area contributed by atoms with Gasteiger partial charge in [0.1, 0.15) is 5.01 Å². The highest BCUT2D eigenvalue weighted by molar-refractivity contribution is 7.11. The molecule has 1 aromatic rings. The zero-order valence-electron chi connectivity index (χ0n) is 6.88. The van der Waals surface area contributed by atoms with Gasteiger partial charge < -0.3 is 5.43 Å². The molecular formula is C7H11N3S. The van der Waals surface area contributed by atoms with Crippen molar-refractivity contribution in [3.05, 3.63) is 16.1 Å². The second-order valence-electron chi connectivity index (χ2n) is 2.21. The maximum Gasteiger partial charge on any atom is 0.139 e. The Morgan fingerprint density at radius 1 is 1.73 bits per heavy atom. The van der Waals surface area contributed by atoms with E-state index in [9.17, 15) is 0 Å². The maximum atomic E-state index is 4.28. The van der Waals surface area contributed by atoms with Crippen molar-refractivity contribution in [1.82, 2.24) is 10.4 Å². The van der Waals surface area contributed by atoms with Crippen LogP contribution in [0.1, 0.15) is 17.6 Å². The van der Waals surface area contributed by atoms with Crippen molar-refractivity contribution in [3.8, 4) is 0 Å². The average molecular weight is 169 g/mol. The number of thiazole rings is 1. The Morgan fingerprint density at radius 3 is 2.91 bits per heavy atom. The summed E-state index contributed by atoms with van der Waals surface area (Å²) in [4.78, 5) is 4.28. The SMILES string of the molecule is CN/N=C(\C)c1nc(C)cs1. The Morgan fingerprint density at radius 2 is 2.45 bits per heavy atom. The summed E-state index contributed by atoms with van der Waals surface area (Å²) in [6.45, 7) is 3.92. The number of nitrogens with one attached hydrogen (secondary N) is 1. The minimum Gasteiger partial charge on any atom is -0.313 e. The minimum absolute atomic E-state index is 0.936. The van der Waals surface area contributed by atoms with Crippen molar-refractivity contribution in [1.29, 1.82) is 0 Å². The molecule has 4 heteroatoms. The van der Waals surface area contributed by atoms with Gasteiger partial charge in [0.15, 0.2) is 0 Å². The molecule has 0 amide bonds. The van der Waals surface area contributed by atoms with Crippen LogP contribution in [-0.2, 0) is 0 Å². The van der Waals surface area contributed by atoms with Crippen LogP contribution in [0.5, 0.6) is 0 Å². The number of hydrogen-bond donors (Lipinski definition) is 1. The van der Waals surface area contributed by atoms with Crippen LogP contribution < -0.4 is 5.43 Å². The van der Waals surface area contributed by atoms with Gasteiger partial charge in [0.2, 0.25) is 0 Å². The van der Waals surface area contributed by atoms with Gasteiger partial charge in [-0.3, -0.25) is 0 Å². The number of aromatic nitrogens is 1. The van der Waals surface area contributed by atoms with Crippen LogP contribution >= 0.6 is 11.3 Å². The first kappa shape index (κ1) is 8.20. The first-order chi connectivity index (χ1) is 5.24. The third kappa shape index (κ3) is 2.01. The molecule has 0 spiro atoms. The Bertz CT molecular complexity index is 264. The highest BCUT2D eigenvalue weighted by Gasteiger charge is 2.00. The van der Waals surface area contributed by atoms with E-state index in [1.165, 1.54) is 0 Å². The summed E-state index contributed by atoms with van der Waals surface area (Å²) < 4.78 is 0. The van der Waals surface area contributed by atoms with E-state index in [1.807, 2.05) is 19.2 Å². The lowest BCUT2D eigenvalue weighted by Gasteiger charge is -1.92. The molecule has 0 unspecified atom stereocenters. The molecule has 0 radical (unpaired) electrons. The molecule has 0 bridgehead atoms. The molecule has 11 heavy (non-hydrogen) atoms. The Hall–Kier alpha value is -0.900. The molecule has 0 fully saturated rings. The van der Waals surface area contributed by atoms with Gasteiger partial charge in [0, 0.05) is 18.1 Å². The zero-order valence-corrected chi connectivity index (χ0v) is 7.70.